The van der Waals surface area contributed by atoms with Crippen LogP contribution in [0, 0.1) is 0 Å². The third-order valence-corrected chi connectivity index (χ3v) is 5.49. The van der Waals surface area contributed by atoms with E-state index in [2.05, 4.69) is 5.32 Å². The Labute approximate surface area is 191 Å². The first-order valence-electron chi connectivity index (χ1n) is 11.4. The normalized spacial score (nSPS) is 11.5. The molecule has 0 saturated carbocycles. The monoisotopic (exact) mass is 428 g/mol. The topological polar surface area (TPSA) is 49.4 Å². The Kier molecular flexibility index (Phi) is 9.05. The number of hydrogen-bond donors (Lipinski definition) is 1. The standard InChI is InChI=1S/C28H32N2O2/c1-2-20-29-28(32)26(21-24-14-8-4-9-15-24)30(22-25-16-10-5-11-17-25)27(31)19-18-23-12-6-3-7-13-23/h3-17,26H,2,18-22H2,1H3,(H,29,32). The van der Waals surface area contributed by atoms with Crippen LogP contribution in [0.2, 0.25) is 0 Å². The molecule has 4 nitrogen and oxygen atoms in total. The molecular weight excluding hydrogens is 396 g/mol. The first kappa shape index (κ1) is 23.3. The van der Waals surface area contributed by atoms with Crippen molar-refractivity contribution in [2.45, 2.75) is 45.2 Å². The van der Waals surface area contributed by atoms with E-state index in [1.807, 2.05) is 97.9 Å². The van der Waals surface area contributed by atoms with E-state index in [0.717, 1.165) is 23.1 Å². The lowest BCUT2D eigenvalue weighted by Gasteiger charge is -2.31. The van der Waals surface area contributed by atoms with Gasteiger partial charge in [-0.3, -0.25) is 9.59 Å². The van der Waals surface area contributed by atoms with Crippen LogP contribution >= 0.6 is 0 Å². The highest BCUT2D eigenvalue weighted by Crippen LogP contribution is 2.17. The van der Waals surface area contributed by atoms with Crippen LogP contribution in [0.1, 0.15) is 36.5 Å². The average Bonchev–Trinajstić information content (AvgIpc) is 2.85. The molecule has 1 unspecified atom stereocenters. The minimum Gasteiger partial charge on any atom is -0.354 e. The molecule has 0 aliphatic rings. The Morgan fingerprint density at radius 1 is 0.781 bits per heavy atom. The van der Waals surface area contributed by atoms with Gasteiger partial charge in [0.25, 0.3) is 0 Å². The highest BCUT2D eigenvalue weighted by Gasteiger charge is 2.29. The van der Waals surface area contributed by atoms with Gasteiger partial charge >= 0.3 is 0 Å². The summed E-state index contributed by atoms with van der Waals surface area (Å²) in [6.45, 7) is 3.03. The molecule has 2 amide bonds. The van der Waals surface area contributed by atoms with Crippen molar-refractivity contribution in [3.8, 4) is 0 Å². The van der Waals surface area contributed by atoms with E-state index in [4.69, 9.17) is 0 Å². The summed E-state index contributed by atoms with van der Waals surface area (Å²) in [5.74, 6) is -0.106. The predicted molar refractivity (Wildman–Crippen MR) is 129 cm³/mol. The molecule has 3 rings (SSSR count). The highest BCUT2D eigenvalue weighted by molar-refractivity contribution is 5.88. The maximum absolute atomic E-state index is 13.5. The molecule has 1 N–H and O–H groups in total. The number of nitrogens with one attached hydrogen (secondary N) is 1. The Bertz CT molecular complexity index is 958. The van der Waals surface area contributed by atoms with Gasteiger partial charge in [0.15, 0.2) is 0 Å². The molecule has 0 heterocycles. The van der Waals surface area contributed by atoms with E-state index in [0.29, 0.717) is 32.4 Å². The number of rotatable bonds is 11. The van der Waals surface area contributed by atoms with Crippen molar-refractivity contribution < 1.29 is 9.59 Å². The summed E-state index contributed by atoms with van der Waals surface area (Å²) in [7, 11) is 0. The van der Waals surface area contributed by atoms with E-state index in [1.54, 1.807) is 4.90 Å². The number of nitrogens with zero attached hydrogens (tertiary/aromatic N) is 1. The maximum Gasteiger partial charge on any atom is 0.243 e. The second-order valence-corrected chi connectivity index (χ2v) is 7.99. The summed E-state index contributed by atoms with van der Waals surface area (Å²) in [5.41, 5.74) is 3.18. The van der Waals surface area contributed by atoms with Crippen molar-refractivity contribution in [1.82, 2.24) is 10.2 Å². The van der Waals surface area contributed by atoms with Crippen molar-refractivity contribution in [3.63, 3.8) is 0 Å². The smallest absolute Gasteiger partial charge is 0.243 e. The van der Waals surface area contributed by atoms with Gasteiger partial charge in [0.1, 0.15) is 6.04 Å². The number of amides is 2. The summed E-state index contributed by atoms with van der Waals surface area (Å²) < 4.78 is 0. The zero-order valence-electron chi connectivity index (χ0n) is 18.7. The minimum atomic E-state index is -0.563. The van der Waals surface area contributed by atoms with Crippen LogP contribution in [0.3, 0.4) is 0 Å². The number of aryl methyl sites for hydroxylation is 1. The molecule has 4 heteroatoms. The van der Waals surface area contributed by atoms with Crippen LogP contribution in [-0.2, 0) is 29.0 Å². The molecule has 3 aromatic carbocycles. The van der Waals surface area contributed by atoms with Crippen LogP contribution in [0.15, 0.2) is 91.0 Å². The molecule has 32 heavy (non-hydrogen) atoms. The number of carbonyl (C=O) groups excluding carboxylic acids is 2. The first-order valence-corrected chi connectivity index (χ1v) is 11.4. The van der Waals surface area contributed by atoms with E-state index >= 15 is 0 Å². The van der Waals surface area contributed by atoms with Gasteiger partial charge in [-0.05, 0) is 29.5 Å². The number of benzene rings is 3. The fourth-order valence-electron chi connectivity index (χ4n) is 3.74. The zero-order chi connectivity index (χ0) is 22.6. The predicted octanol–water partition coefficient (Wildman–Crippen LogP) is 4.79. The number of hydrogen-bond acceptors (Lipinski definition) is 2. The van der Waals surface area contributed by atoms with Crippen molar-refractivity contribution in [2.75, 3.05) is 6.54 Å². The second kappa shape index (κ2) is 12.5. The van der Waals surface area contributed by atoms with Gasteiger partial charge in [0, 0.05) is 25.9 Å². The molecular formula is C28H32N2O2. The molecule has 0 radical (unpaired) electrons. The SMILES string of the molecule is CCCNC(=O)C(Cc1ccccc1)N(Cc1ccccc1)C(=O)CCc1ccccc1. The third-order valence-electron chi connectivity index (χ3n) is 5.49. The van der Waals surface area contributed by atoms with Crippen molar-refractivity contribution in [1.29, 1.82) is 0 Å². The summed E-state index contributed by atoms with van der Waals surface area (Å²) in [5, 5.41) is 3.01. The van der Waals surface area contributed by atoms with Gasteiger partial charge in [-0.25, -0.2) is 0 Å². The zero-order valence-corrected chi connectivity index (χ0v) is 18.7. The molecule has 0 aliphatic carbocycles. The van der Waals surface area contributed by atoms with Crippen molar-refractivity contribution in [3.05, 3.63) is 108 Å². The number of carbonyl (C=O) groups is 2. The van der Waals surface area contributed by atoms with E-state index in [1.165, 1.54) is 0 Å². The second-order valence-electron chi connectivity index (χ2n) is 7.99. The lowest BCUT2D eigenvalue weighted by atomic mass is 10.0. The molecule has 3 aromatic rings. The molecule has 166 valence electrons. The van der Waals surface area contributed by atoms with E-state index in [-0.39, 0.29) is 11.8 Å². The van der Waals surface area contributed by atoms with Crippen molar-refractivity contribution >= 4 is 11.8 Å². The minimum absolute atomic E-state index is 0.00899. The summed E-state index contributed by atoms with van der Waals surface area (Å²) >= 11 is 0. The van der Waals surface area contributed by atoms with Gasteiger partial charge < -0.3 is 10.2 Å². The Morgan fingerprint density at radius 3 is 1.88 bits per heavy atom. The average molecular weight is 429 g/mol. The third kappa shape index (κ3) is 7.09. The summed E-state index contributed by atoms with van der Waals surface area (Å²) in [6.07, 6.45) is 2.35. The van der Waals surface area contributed by atoms with Gasteiger partial charge in [-0.2, -0.15) is 0 Å². The largest absolute Gasteiger partial charge is 0.354 e. The molecule has 1 atom stereocenters. The van der Waals surface area contributed by atoms with Crippen LogP contribution < -0.4 is 5.32 Å². The summed E-state index contributed by atoms with van der Waals surface area (Å²) in [4.78, 5) is 28.4. The summed E-state index contributed by atoms with van der Waals surface area (Å²) in [6, 6.07) is 29.2. The van der Waals surface area contributed by atoms with E-state index < -0.39 is 6.04 Å². The lowest BCUT2D eigenvalue weighted by Crippen LogP contribution is -2.50. The van der Waals surface area contributed by atoms with Gasteiger partial charge in [-0.15, -0.1) is 0 Å². The molecule has 0 aromatic heterocycles. The highest BCUT2D eigenvalue weighted by atomic mass is 16.2. The maximum atomic E-state index is 13.5. The fourth-order valence-corrected chi connectivity index (χ4v) is 3.74. The quantitative estimate of drug-likeness (QED) is 0.478. The molecule has 0 aliphatic heterocycles. The van der Waals surface area contributed by atoms with Crippen LogP contribution in [0.4, 0.5) is 0 Å². The fraction of sp³-hybridized carbons (Fsp3) is 0.286. The Balaban J connectivity index is 1.86. The van der Waals surface area contributed by atoms with Gasteiger partial charge in [0.2, 0.25) is 11.8 Å². The van der Waals surface area contributed by atoms with Crippen LogP contribution in [0.5, 0.6) is 0 Å². The first-order chi connectivity index (χ1) is 15.7. The van der Waals surface area contributed by atoms with E-state index in [9.17, 15) is 9.59 Å². The Morgan fingerprint density at radius 2 is 1.31 bits per heavy atom. The van der Waals surface area contributed by atoms with Crippen molar-refractivity contribution in [2.24, 2.45) is 0 Å². The van der Waals surface area contributed by atoms with Crippen LogP contribution in [0.25, 0.3) is 0 Å². The van der Waals surface area contributed by atoms with Crippen LogP contribution in [-0.4, -0.2) is 29.3 Å². The molecule has 0 fully saturated rings. The molecule has 0 saturated heterocycles. The van der Waals surface area contributed by atoms with Gasteiger partial charge in [0.05, 0.1) is 0 Å². The molecule has 0 spiro atoms. The van der Waals surface area contributed by atoms with Gasteiger partial charge in [-0.1, -0.05) is 97.9 Å². The lowest BCUT2D eigenvalue weighted by molar-refractivity contribution is -0.141. The Hall–Kier alpha value is -3.40. The molecule has 0 bridgehead atoms.